The number of rotatable bonds is 14. The standard InChI is InChI=1S/2C6H12O6.C5H10O5/c2*7-1-3(9)5(11)6(12)4(10)2-8;6-1-3(8)5(10)4(9)2-7/h2*1,3-6,8-12H,2H2;1,3-5,7-10H,2H2/t3-,4+,5+,6-;3-,4-,5-,6-;3-,4-,5+/m011/s1. The highest BCUT2D eigenvalue weighted by Gasteiger charge is 2.30. The SMILES string of the molecule is O=C[C@@H](O)[C@@H](O)[C@H](O)[C@H](O)CO.O=C[C@@H](O)[C@H](O)[C@H](O)CO.O=C[C@H](O)[C@@H](O)[C@@H](O)[C@H](O)CO. The van der Waals surface area contributed by atoms with Crippen LogP contribution in [0.5, 0.6) is 0 Å². The van der Waals surface area contributed by atoms with Crippen molar-refractivity contribution in [1.82, 2.24) is 0 Å². The van der Waals surface area contributed by atoms with Crippen molar-refractivity contribution in [3.05, 3.63) is 0 Å². The van der Waals surface area contributed by atoms with Gasteiger partial charge < -0.3 is 85.9 Å². The van der Waals surface area contributed by atoms with Gasteiger partial charge >= 0.3 is 0 Å². The third-order valence-electron chi connectivity index (χ3n) is 3.91. The fourth-order valence-electron chi connectivity index (χ4n) is 1.65. The molecule has 34 heavy (non-hydrogen) atoms. The van der Waals surface area contributed by atoms with Gasteiger partial charge in [-0.05, 0) is 0 Å². The Morgan fingerprint density at radius 2 is 0.588 bits per heavy atom. The lowest BCUT2D eigenvalue weighted by atomic mass is 10.0. The Labute approximate surface area is 192 Å². The molecule has 0 aliphatic heterocycles. The highest BCUT2D eigenvalue weighted by molar-refractivity contribution is 5.57. The van der Waals surface area contributed by atoms with Crippen molar-refractivity contribution in [3.63, 3.8) is 0 Å². The Morgan fingerprint density at radius 3 is 0.794 bits per heavy atom. The zero-order valence-corrected chi connectivity index (χ0v) is 17.7. The molecule has 17 nitrogen and oxygen atoms in total. The minimum absolute atomic E-state index is 0.0258. The van der Waals surface area contributed by atoms with Crippen LogP contribution in [0.25, 0.3) is 0 Å². The summed E-state index contributed by atoms with van der Waals surface area (Å²) in [5.74, 6) is 0. The molecule has 17 heteroatoms. The van der Waals surface area contributed by atoms with Gasteiger partial charge in [0, 0.05) is 0 Å². The second-order valence-corrected chi connectivity index (χ2v) is 6.58. The fraction of sp³-hybridized carbons (Fsp3) is 0.824. The van der Waals surface area contributed by atoms with Gasteiger partial charge in [-0.3, -0.25) is 0 Å². The average molecular weight is 510 g/mol. The molecule has 0 saturated heterocycles. The first-order chi connectivity index (χ1) is 15.7. The van der Waals surface area contributed by atoms with Gasteiger partial charge in [0.25, 0.3) is 0 Å². The molecule has 0 aromatic carbocycles. The number of hydrogen-bond donors (Lipinski definition) is 14. The van der Waals surface area contributed by atoms with Crippen LogP contribution in [0.3, 0.4) is 0 Å². The van der Waals surface area contributed by atoms with E-state index in [-0.39, 0.29) is 18.9 Å². The normalized spacial score (nSPS) is 20.6. The molecule has 11 atom stereocenters. The lowest BCUT2D eigenvalue weighted by Gasteiger charge is -2.22. The first-order valence-electron chi connectivity index (χ1n) is 9.39. The smallest absolute Gasteiger partial charge is 0.151 e. The Bertz CT molecular complexity index is 490. The number of hydrogen-bond acceptors (Lipinski definition) is 17. The molecular formula is C17H34O17. The van der Waals surface area contributed by atoms with E-state index in [1.165, 1.54) is 0 Å². The molecule has 0 saturated carbocycles. The van der Waals surface area contributed by atoms with Gasteiger partial charge in [0.15, 0.2) is 18.9 Å². The summed E-state index contributed by atoms with van der Waals surface area (Å²) in [6.45, 7) is -2.21. The van der Waals surface area contributed by atoms with Crippen LogP contribution in [0.2, 0.25) is 0 Å². The van der Waals surface area contributed by atoms with Crippen LogP contribution in [-0.4, -0.2) is 177 Å². The molecule has 0 bridgehead atoms. The van der Waals surface area contributed by atoms with E-state index < -0.39 is 87.0 Å². The van der Waals surface area contributed by atoms with Gasteiger partial charge in [0.1, 0.15) is 67.1 Å². The van der Waals surface area contributed by atoms with Crippen LogP contribution in [0.15, 0.2) is 0 Å². The number of aldehydes is 3. The molecule has 0 radical (unpaired) electrons. The Hall–Kier alpha value is -1.55. The van der Waals surface area contributed by atoms with E-state index in [4.69, 9.17) is 71.5 Å². The summed E-state index contributed by atoms with van der Waals surface area (Å²) in [6, 6.07) is 0. The lowest BCUT2D eigenvalue weighted by Crippen LogP contribution is -2.46. The van der Waals surface area contributed by atoms with Crippen molar-refractivity contribution in [2.75, 3.05) is 19.8 Å². The second kappa shape index (κ2) is 20.8. The molecular weight excluding hydrogens is 476 g/mol. The number of aliphatic hydroxyl groups is 14. The molecule has 0 fully saturated rings. The molecule has 14 N–H and O–H groups in total. The first kappa shape index (κ1) is 37.0. The number of carbonyl (C=O) groups is 3. The summed E-state index contributed by atoms with van der Waals surface area (Å²) >= 11 is 0. The monoisotopic (exact) mass is 510 g/mol. The fourth-order valence-corrected chi connectivity index (χ4v) is 1.65. The number of aliphatic hydroxyl groups excluding tert-OH is 14. The molecule has 0 aromatic rings. The first-order valence-corrected chi connectivity index (χ1v) is 9.39. The maximum absolute atomic E-state index is 9.90. The summed E-state index contributed by atoms with van der Waals surface area (Å²) < 4.78 is 0. The van der Waals surface area contributed by atoms with Gasteiger partial charge in [0.05, 0.1) is 19.8 Å². The molecule has 0 aliphatic carbocycles. The van der Waals surface area contributed by atoms with E-state index in [9.17, 15) is 14.4 Å². The van der Waals surface area contributed by atoms with E-state index in [1.54, 1.807) is 0 Å². The van der Waals surface area contributed by atoms with Gasteiger partial charge in [-0.1, -0.05) is 0 Å². The van der Waals surface area contributed by atoms with E-state index in [1.807, 2.05) is 0 Å². The van der Waals surface area contributed by atoms with Crippen molar-refractivity contribution in [1.29, 1.82) is 0 Å². The quantitative estimate of drug-likeness (QED) is 0.0964. The van der Waals surface area contributed by atoms with Crippen LogP contribution in [0.4, 0.5) is 0 Å². The van der Waals surface area contributed by atoms with Crippen molar-refractivity contribution in [2.45, 2.75) is 67.1 Å². The maximum Gasteiger partial charge on any atom is 0.151 e. The second-order valence-electron chi connectivity index (χ2n) is 6.58. The predicted molar refractivity (Wildman–Crippen MR) is 106 cm³/mol. The molecule has 204 valence electrons. The van der Waals surface area contributed by atoms with Gasteiger partial charge in [-0.25, -0.2) is 0 Å². The minimum atomic E-state index is -1.79. The Balaban J connectivity index is -0.000000426. The summed E-state index contributed by atoms with van der Waals surface area (Å²) in [7, 11) is 0. The van der Waals surface area contributed by atoms with Crippen LogP contribution in [-0.2, 0) is 14.4 Å². The van der Waals surface area contributed by atoms with Gasteiger partial charge in [0.2, 0.25) is 0 Å². The summed E-state index contributed by atoms with van der Waals surface area (Å²) in [5.41, 5.74) is 0. The highest BCUT2D eigenvalue weighted by Crippen LogP contribution is 2.04. The lowest BCUT2D eigenvalue weighted by molar-refractivity contribution is -0.136. The summed E-state index contributed by atoms with van der Waals surface area (Å²) in [4.78, 5) is 29.6. The number of carbonyl (C=O) groups excluding carboxylic acids is 3. The van der Waals surface area contributed by atoms with E-state index in [0.717, 1.165) is 0 Å². The van der Waals surface area contributed by atoms with Gasteiger partial charge in [-0.15, -0.1) is 0 Å². The third kappa shape index (κ3) is 14.7. The van der Waals surface area contributed by atoms with Crippen molar-refractivity contribution < 1.29 is 85.9 Å². The molecule has 0 aliphatic rings. The van der Waals surface area contributed by atoms with Crippen LogP contribution in [0.1, 0.15) is 0 Å². The van der Waals surface area contributed by atoms with Crippen LogP contribution < -0.4 is 0 Å². The molecule has 0 aromatic heterocycles. The molecule has 0 amide bonds. The largest absolute Gasteiger partial charge is 0.394 e. The van der Waals surface area contributed by atoms with E-state index in [2.05, 4.69) is 0 Å². The van der Waals surface area contributed by atoms with Crippen molar-refractivity contribution >= 4 is 18.9 Å². The average Bonchev–Trinajstić information content (AvgIpc) is 2.88. The summed E-state index contributed by atoms with van der Waals surface area (Å²) in [6.07, 6.45) is -18.3. The molecule has 0 unspecified atom stereocenters. The topological polar surface area (TPSA) is 334 Å². The van der Waals surface area contributed by atoms with Gasteiger partial charge in [-0.2, -0.15) is 0 Å². The molecule has 0 rings (SSSR count). The Morgan fingerprint density at radius 1 is 0.382 bits per heavy atom. The molecule has 0 spiro atoms. The van der Waals surface area contributed by atoms with E-state index in [0.29, 0.717) is 0 Å². The van der Waals surface area contributed by atoms with Crippen molar-refractivity contribution in [2.24, 2.45) is 0 Å². The van der Waals surface area contributed by atoms with E-state index >= 15 is 0 Å². The van der Waals surface area contributed by atoms with Crippen LogP contribution >= 0.6 is 0 Å². The Kier molecular flexibility index (Phi) is 22.6. The third-order valence-corrected chi connectivity index (χ3v) is 3.91. The summed E-state index contributed by atoms with van der Waals surface area (Å²) in [5, 5.41) is 121. The maximum atomic E-state index is 9.90. The predicted octanol–water partition coefficient (Wildman–Crippen LogP) is -9.50. The van der Waals surface area contributed by atoms with Crippen LogP contribution in [0, 0.1) is 0 Å². The zero-order chi connectivity index (χ0) is 27.6. The van der Waals surface area contributed by atoms with Crippen molar-refractivity contribution in [3.8, 4) is 0 Å². The molecule has 0 heterocycles. The zero-order valence-electron chi connectivity index (χ0n) is 17.7. The minimum Gasteiger partial charge on any atom is -0.394 e. The highest BCUT2D eigenvalue weighted by atomic mass is 16.4.